The Hall–Kier alpha value is -3.20. The van der Waals surface area contributed by atoms with E-state index >= 15 is 0 Å². The molecule has 27 heavy (non-hydrogen) atoms. The first kappa shape index (κ1) is 18.6. The molecule has 0 saturated heterocycles. The highest BCUT2D eigenvalue weighted by Gasteiger charge is 2.22. The van der Waals surface area contributed by atoms with E-state index in [1.54, 1.807) is 19.1 Å². The molecule has 0 aliphatic heterocycles. The number of amides is 1. The summed E-state index contributed by atoms with van der Waals surface area (Å²) in [6, 6.07) is 15.6. The van der Waals surface area contributed by atoms with Crippen LogP contribution in [0.2, 0.25) is 0 Å². The molecule has 0 aliphatic carbocycles. The molecule has 1 amide bonds. The van der Waals surface area contributed by atoms with E-state index in [1.807, 2.05) is 41.8 Å². The molecular weight excluding hydrogens is 366 g/mol. The molecule has 1 N–H and O–H groups in total. The Morgan fingerprint density at radius 1 is 1.15 bits per heavy atom. The van der Waals surface area contributed by atoms with Crippen LogP contribution in [0.4, 0.5) is 11.4 Å². The summed E-state index contributed by atoms with van der Waals surface area (Å²) in [5.74, 6) is 0.351. The summed E-state index contributed by atoms with van der Waals surface area (Å²) in [5.41, 5.74) is 0.917. The van der Waals surface area contributed by atoms with Gasteiger partial charge in [0.05, 0.1) is 10.2 Å². The van der Waals surface area contributed by atoms with Gasteiger partial charge in [0.25, 0.3) is 5.69 Å². The van der Waals surface area contributed by atoms with E-state index in [-0.39, 0.29) is 17.3 Å². The van der Waals surface area contributed by atoms with Gasteiger partial charge in [0.1, 0.15) is 11.5 Å². The number of carbonyl (C=O) groups excluding carboxylic acids is 1. The second-order valence-corrected chi connectivity index (χ2v) is 7.03. The van der Waals surface area contributed by atoms with Crippen molar-refractivity contribution in [3.05, 3.63) is 70.5 Å². The fourth-order valence-corrected chi connectivity index (χ4v) is 3.39. The van der Waals surface area contributed by atoms with Crippen molar-refractivity contribution in [3.8, 4) is 5.69 Å². The van der Waals surface area contributed by atoms with Crippen molar-refractivity contribution in [3.63, 3.8) is 0 Å². The number of nitrogens with zero attached hydrogens (tertiary/aromatic N) is 4. The van der Waals surface area contributed by atoms with Crippen LogP contribution in [-0.2, 0) is 4.79 Å². The predicted molar refractivity (Wildman–Crippen MR) is 103 cm³/mol. The molecule has 138 valence electrons. The van der Waals surface area contributed by atoms with Gasteiger partial charge in [-0.2, -0.15) is 0 Å². The number of rotatable bonds is 6. The zero-order chi connectivity index (χ0) is 19.4. The molecule has 0 fully saturated rings. The molecule has 1 atom stereocenters. The third kappa shape index (κ3) is 4.14. The molecule has 2 aromatic carbocycles. The number of thioether (sulfide) groups is 1. The van der Waals surface area contributed by atoms with Gasteiger partial charge in [-0.15, -0.1) is 10.2 Å². The number of carbonyl (C=O) groups is 1. The second kappa shape index (κ2) is 8.00. The van der Waals surface area contributed by atoms with Crippen LogP contribution < -0.4 is 5.32 Å². The Balaban J connectivity index is 1.78. The third-order valence-electron chi connectivity index (χ3n) is 3.82. The molecule has 1 heterocycles. The maximum atomic E-state index is 12.5. The van der Waals surface area contributed by atoms with Gasteiger partial charge < -0.3 is 5.32 Å². The van der Waals surface area contributed by atoms with Crippen molar-refractivity contribution in [2.24, 2.45) is 0 Å². The summed E-state index contributed by atoms with van der Waals surface area (Å²) in [4.78, 5) is 23.1. The number of para-hydroxylation sites is 3. The summed E-state index contributed by atoms with van der Waals surface area (Å²) in [6.45, 7) is 3.55. The molecule has 0 aliphatic rings. The lowest BCUT2D eigenvalue weighted by molar-refractivity contribution is -0.383. The van der Waals surface area contributed by atoms with Gasteiger partial charge in [-0.25, -0.2) is 0 Å². The number of anilines is 1. The molecule has 9 heteroatoms. The minimum atomic E-state index is -0.532. The Labute approximate surface area is 159 Å². The molecule has 0 saturated carbocycles. The second-order valence-electron chi connectivity index (χ2n) is 5.72. The monoisotopic (exact) mass is 383 g/mol. The van der Waals surface area contributed by atoms with E-state index in [0.717, 1.165) is 5.69 Å². The van der Waals surface area contributed by atoms with Crippen LogP contribution in [0.15, 0.2) is 59.8 Å². The van der Waals surface area contributed by atoms with Gasteiger partial charge in [0.15, 0.2) is 5.16 Å². The SMILES string of the molecule is Cc1nnc(SC(C)C(=O)Nc2ccccc2[N+](=O)[O-])n1-c1ccccc1. The van der Waals surface area contributed by atoms with Gasteiger partial charge in [-0.3, -0.25) is 19.5 Å². The van der Waals surface area contributed by atoms with Crippen molar-refractivity contribution in [2.75, 3.05) is 5.32 Å². The van der Waals surface area contributed by atoms with E-state index in [4.69, 9.17) is 0 Å². The van der Waals surface area contributed by atoms with E-state index in [2.05, 4.69) is 15.5 Å². The zero-order valence-electron chi connectivity index (χ0n) is 14.7. The highest BCUT2D eigenvalue weighted by Crippen LogP contribution is 2.28. The molecule has 1 aromatic heterocycles. The number of aryl methyl sites for hydroxylation is 1. The van der Waals surface area contributed by atoms with Gasteiger partial charge in [-0.1, -0.05) is 42.1 Å². The van der Waals surface area contributed by atoms with Gasteiger partial charge in [0.2, 0.25) is 5.91 Å². The lowest BCUT2D eigenvalue weighted by Crippen LogP contribution is -2.23. The van der Waals surface area contributed by atoms with Crippen molar-refractivity contribution >= 4 is 29.0 Å². The molecule has 3 rings (SSSR count). The van der Waals surface area contributed by atoms with E-state index in [1.165, 1.54) is 23.9 Å². The van der Waals surface area contributed by atoms with E-state index in [9.17, 15) is 14.9 Å². The molecular formula is C18H17N5O3S. The largest absolute Gasteiger partial charge is 0.319 e. The van der Waals surface area contributed by atoms with Crippen LogP contribution in [0.3, 0.4) is 0 Å². The standard InChI is InChI=1S/C18H17N5O3S/c1-12(17(24)19-15-10-6-7-11-16(15)23(25)26)27-18-21-20-13(2)22(18)14-8-4-3-5-9-14/h3-12H,1-2H3,(H,19,24). The van der Waals surface area contributed by atoms with Crippen molar-refractivity contribution in [1.29, 1.82) is 0 Å². The molecule has 3 aromatic rings. The molecule has 1 unspecified atom stereocenters. The summed E-state index contributed by atoms with van der Waals surface area (Å²) in [6.07, 6.45) is 0. The fourth-order valence-electron chi connectivity index (χ4n) is 2.48. The zero-order valence-corrected chi connectivity index (χ0v) is 15.5. The summed E-state index contributed by atoms with van der Waals surface area (Å²) < 4.78 is 1.86. The predicted octanol–water partition coefficient (Wildman–Crippen LogP) is 3.60. The molecule has 0 bridgehead atoms. The first-order valence-corrected chi connectivity index (χ1v) is 9.03. The van der Waals surface area contributed by atoms with Crippen molar-refractivity contribution in [1.82, 2.24) is 14.8 Å². The summed E-state index contributed by atoms with van der Waals surface area (Å²) >= 11 is 1.23. The number of nitro groups is 1. The van der Waals surface area contributed by atoms with Crippen LogP contribution in [0.1, 0.15) is 12.7 Å². The highest BCUT2D eigenvalue weighted by atomic mass is 32.2. The van der Waals surface area contributed by atoms with Gasteiger partial charge >= 0.3 is 0 Å². The Kier molecular flexibility index (Phi) is 5.51. The van der Waals surface area contributed by atoms with Crippen LogP contribution in [0.25, 0.3) is 5.69 Å². The maximum absolute atomic E-state index is 12.5. The first-order chi connectivity index (χ1) is 13.0. The maximum Gasteiger partial charge on any atom is 0.292 e. The molecule has 8 nitrogen and oxygen atoms in total. The van der Waals surface area contributed by atoms with Crippen LogP contribution in [0.5, 0.6) is 0 Å². The number of hydrogen-bond donors (Lipinski definition) is 1. The average molecular weight is 383 g/mol. The topological polar surface area (TPSA) is 103 Å². The van der Waals surface area contributed by atoms with Crippen LogP contribution in [-0.4, -0.2) is 30.8 Å². The molecule has 0 spiro atoms. The normalized spacial score (nSPS) is 11.8. The van der Waals surface area contributed by atoms with E-state index in [0.29, 0.717) is 11.0 Å². The smallest absolute Gasteiger partial charge is 0.292 e. The summed E-state index contributed by atoms with van der Waals surface area (Å²) in [7, 11) is 0. The number of aromatic nitrogens is 3. The minimum absolute atomic E-state index is 0.147. The third-order valence-corrected chi connectivity index (χ3v) is 4.86. The number of hydrogen-bond acceptors (Lipinski definition) is 6. The Morgan fingerprint density at radius 3 is 2.52 bits per heavy atom. The van der Waals surface area contributed by atoms with E-state index < -0.39 is 10.2 Å². The minimum Gasteiger partial charge on any atom is -0.319 e. The molecule has 0 radical (unpaired) electrons. The van der Waals surface area contributed by atoms with Crippen molar-refractivity contribution in [2.45, 2.75) is 24.3 Å². The fraction of sp³-hybridized carbons (Fsp3) is 0.167. The Morgan fingerprint density at radius 2 is 1.81 bits per heavy atom. The van der Waals surface area contributed by atoms with Crippen molar-refractivity contribution < 1.29 is 9.72 Å². The lowest BCUT2D eigenvalue weighted by Gasteiger charge is -2.13. The first-order valence-electron chi connectivity index (χ1n) is 8.15. The Bertz CT molecular complexity index is 974. The number of benzene rings is 2. The lowest BCUT2D eigenvalue weighted by atomic mass is 10.2. The summed E-state index contributed by atoms with van der Waals surface area (Å²) in [5, 5.41) is 22.0. The quantitative estimate of drug-likeness (QED) is 0.396. The van der Waals surface area contributed by atoms with Gasteiger partial charge in [-0.05, 0) is 32.0 Å². The number of nitrogens with one attached hydrogen (secondary N) is 1. The number of nitro benzene ring substituents is 1. The highest BCUT2D eigenvalue weighted by molar-refractivity contribution is 8.00. The average Bonchev–Trinajstić information content (AvgIpc) is 3.02. The van der Waals surface area contributed by atoms with Crippen LogP contribution in [0, 0.1) is 17.0 Å². The van der Waals surface area contributed by atoms with Crippen LogP contribution >= 0.6 is 11.8 Å². The van der Waals surface area contributed by atoms with Gasteiger partial charge in [0, 0.05) is 11.8 Å².